The lowest BCUT2D eigenvalue weighted by molar-refractivity contribution is 0.173. The molecule has 0 bridgehead atoms. The zero-order valence-electron chi connectivity index (χ0n) is 11.9. The third kappa shape index (κ3) is 3.26. The third-order valence-corrected chi connectivity index (χ3v) is 3.75. The number of aromatic nitrogens is 2. The Balaban J connectivity index is 1.57. The first-order valence-electron chi connectivity index (χ1n) is 7.16. The number of nitrogens with zero attached hydrogens (tertiary/aromatic N) is 3. The van der Waals surface area contributed by atoms with Crippen LogP contribution in [0.5, 0.6) is 0 Å². The zero-order valence-corrected chi connectivity index (χ0v) is 11.9. The molecule has 2 heterocycles. The summed E-state index contributed by atoms with van der Waals surface area (Å²) < 4.78 is 7.31. The third-order valence-electron chi connectivity index (χ3n) is 3.75. The van der Waals surface area contributed by atoms with Gasteiger partial charge in [-0.1, -0.05) is 12.1 Å². The van der Waals surface area contributed by atoms with E-state index in [9.17, 15) is 0 Å². The van der Waals surface area contributed by atoms with Gasteiger partial charge in [0.1, 0.15) is 0 Å². The summed E-state index contributed by atoms with van der Waals surface area (Å²) in [6, 6.07) is 10.5. The van der Waals surface area contributed by atoms with E-state index in [1.165, 1.54) is 12.0 Å². The van der Waals surface area contributed by atoms with Crippen LogP contribution in [0.2, 0.25) is 0 Å². The van der Waals surface area contributed by atoms with Crippen LogP contribution in [0.1, 0.15) is 12.0 Å². The minimum absolute atomic E-state index is 0.698. The predicted molar refractivity (Wildman–Crippen MR) is 78.8 cm³/mol. The van der Waals surface area contributed by atoms with Crippen molar-refractivity contribution >= 4 is 0 Å². The van der Waals surface area contributed by atoms with Crippen molar-refractivity contribution in [1.82, 2.24) is 14.7 Å². The van der Waals surface area contributed by atoms with Crippen LogP contribution >= 0.6 is 0 Å². The van der Waals surface area contributed by atoms with Crippen molar-refractivity contribution in [2.75, 3.05) is 26.8 Å². The zero-order chi connectivity index (χ0) is 13.8. The Labute approximate surface area is 120 Å². The van der Waals surface area contributed by atoms with Gasteiger partial charge in [-0.25, -0.2) is 4.68 Å². The molecule has 0 saturated carbocycles. The maximum absolute atomic E-state index is 5.43. The van der Waals surface area contributed by atoms with Gasteiger partial charge in [0.15, 0.2) is 0 Å². The van der Waals surface area contributed by atoms with Gasteiger partial charge < -0.3 is 9.64 Å². The number of hydrogen-bond acceptors (Lipinski definition) is 3. The lowest BCUT2D eigenvalue weighted by Gasteiger charge is -2.20. The second kappa shape index (κ2) is 6.20. The molecular formula is C16H21N3O. The van der Waals surface area contributed by atoms with Crippen LogP contribution < -0.4 is 0 Å². The van der Waals surface area contributed by atoms with Crippen molar-refractivity contribution in [3.05, 3.63) is 48.3 Å². The fraction of sp³-hybridized carbons (Fsp3) is 0.438. The maximum Gasteiger partial charge on any atom is 0.0645 e. The summed E-state index contributed by atoms with van der Waals surface area (Å²) in [5.41, 5.74) is 2.44. The molecule has 1 atom stereocenters. The number of rotatable bonds is 5. The predicted octanol–water partition coefficient (Wildman–Crippen LogP) is 2.34. The van der Waals surface area contributed by atoms with Crippen LogP contribution in [0.25, 0.3) is 5.69 Å². The van der Waals surface area contributed by atoms with Gasteiger partial charge in [-0.05, 0) is 43.1 Å². The summed E-state index contributed by atoms with van der Waals surface area (Å²) in [6.45, 7) is 3.94. The number of hydrogen-bond donors (Lipinski definition) is 0. The van der Waals surface area contributed by atoms with Gasteiger partial charge in [0.2, 0.25) is 0 Å². The lowest BCUT2D eigenvalue weighted by Crippen LogP contribution is -2.25. The van der Waals surface area contributed by atoms with Crippen LogP contribution in [0.3, 0.4) is 0 Å². The van der Waals surface area contributed by atoms with E-state index >= 15 is 0 Å². The second-order valence-electron chi connectivity index (χ2n) is 5.54. The Kier molecular flexibility index (Phi) is 4.14. The molecule has 0 unspecified atom stereocenters. The molecule has 1 fully saturated rings. The van der Waals surface area contributed by atoms with Crippen molar-refractivity contribution < 1.29 is 4.74 Å². The van der Waals surface area contributed by atoms with Gasteiger partial charge in [-0.3, -0.25) is 0 Å². The average Bonchev–Trinajstić information content (AvgIpc) is 3.12. The molecule has 1 aromatic carbocycles. The van der Waals surface area contributed by atoms with Gasteiger partial charge in [0.05, 0.1) is 12.3 Å². The summed E-state index contributed by atoms with van der Waals surface area (Å²) in [7, 11) is 2.18. The van der Waals surface area contributed by atoms with Crippen molar-refractivity contribution in [2.45, 2.75) is 13.0 Å². The van der Waals surface area contributed by atoms with E-state index in [0.29, 0.717) is 5.92 Å². The highest BCUT2D eigenvalue weighted by Crippen LogP contribution is 2.15. The molecule has 1 aliphatic heterocycles. The summed E-state index contributed by atoms with van der Waals surface area (Å²) in [6.07, 6.45) is 4.95. The standard InChI is InChI=1S/C16H21N3O/c1-18(12-15-7-10-20-13-15)11-14-3-5-16(6-4-14)19-9-2-8-17-19/h2-6,8-9,15H,7,10-13H2,1H3/t15-/m0/s1. The van der Waals surface area contributed by atoms with Gasteiger partial charge in [0, 0.05) is 32.1 Å². The fourth-order valence-electron chi connectivity index (χ4n) is 2.72. The number of benzene rings is 1. The molecule has 0 aliphatic carbocycles. The first kappa shape index (κ1) is 13.3. The summed E-state index contributed by atoms with van der Waals surface area (Å²) in [5, 5.41) is 4.24. The fourth-order valence-corrected chi connectivity index (χ4v) is 2.72. The minimum Gasteiger partial charge on any atom is -0.381 e. The monoisotopic (exact) mass is 271 g/mol. The largest absolute Gasteiger partial charge is 0.381 e. The van der Waals surface area contributed by atoms with E-state index in [1.54, 1.807) is 6.20 Å². The lowest BCUT2D eigenvalue weighted by atomic mass is 10.1. The van der Waals surface area contributed by atoms with Gasteiger partial charge >= 0.3 is 0 Å². The Morgan fingerprint density at radius 2 is 2.20 bits per heavy atom. The van der Waals surface area contributed by atoms with Crippen molar-refractivity contribution in [1.29, 1.82) is 0 Å². The Morgan fingerprint density at radius 1 is 1.35 bits per heavy atom. The van der Waals surface area contributed by atoms with Crippen molar-refractivity contribution in [3.63, 3.8) is 0 Å². The second-order valence-corrected chi connectivity index (χ2v) is 5.54. The molecule has 106 valence electrons. The Morgan fingerprint density at radius 3 is 2.85 bits per heavy atom. The first-order valence-corrected chi connectivity index (χ1v) is 7.16. The highest BCUT2D eigenvalue weighted by atomic mass is 16.5. The van der Waals surface area contributed by atoms with Crippen LogP contribution in [-0.2, 0) is 11.3 Å². The molecule has 0 radical (unpaired) electrons. The SMILES string of the molecule is CN(Cc1ccc(-n2cccn2)cc1)C[C@@H]1CCOC1. The van der Waals surface area contributed by atoms with Crippen LogP contribution in [0.15, 0.2) is 42.7 Å². The summed E-state index contributed by atoms with van der Waals surface area (Å²) in [4.78, 5) is 2.38. The highest BCUT2D eigenvalue weighted by Gasteiger charge is 2.17. The molecule has 4 nitrogen and oxygen atoms in total. The van der Waals surface area contributed by atoms with E-state index in [4.69, 9.17) is 4.74 Å². The quantitative estimate of drug-likeness (QED) is 0.836. The molecule has 3 rings (SSSR count). The summed E-state index contributed by atoms with van der Waals surface area (Å²) >= 11 is 0. The molecule has 1 saturated heterocycles. The van der Waals surface area contributed by atoms with E-state index in [-0.39, 0.29) is 0 Å². The normalized spacial score (nSPS) is 18.8. The molecule has 0 spiro atoms. The Hall–Kier alpha value is -1.65. The molecule has 0 N–H and O–H groups in total. The van der Waals surface area contributed by atoms with Gasteiger partial charge in [-0.15, -0.1) is 0 Å². The Bertz CT molecular complexity index is 515. The van der Waals surface area contributed by atoms with Crippen molar-refractivity contribution in [2.24, 2.45) is 5.92 Å². The van der Waals surface area contributed by atoms with Crippen LogP contribution in [-0.4, -0.2) is 41.5 Å². The van der Waals surface area contributed by atoms with E-state index in [2.05, 4.69) is 41.3 Å². The van der Waals surface area contributed by atoms with Crippen LogP contribution in [0, 0.1) is 5.92 Å². The molecule has 0 amide bonds. The van der Waals surface area contributed by atoms with E-state index in [0.717, 1.165) is 32.0 Å². The van der Waals surface area contributed by atoms with Gasteiger partial charge in [0.25, 0.3) is 0 Å². The van der Waals surface area contributed by atoms with E-state index < -0.39 is 0 Å². The van der Waals surface area contributed by atoms with Crippen LogP contribution in [0.4, 0.5) is 0 Å². The average molecular weight is 271 g/mol. The molecule has 4 heteroatoms. The topological polar surface area (TPSA) is 30.3 Å². The molecule has 1 aromatic heterocycles. The smallest absolute Gasteiger partial charge is 0.0645 e. The first-order chi connectivity index (χ1) is 9.81. The molecule has 20 heavy (non-hydrogen) atoms. The number of ether oxygens (including phenoxy) is 1. The highest BCUT2D eigenvalue weighted by molar-refractivity contribution is 5.33. The minimum atomic E-state index is 0.698. The van der Waals surface area contributed by atoms with E-state index in [1.807, 2.05) is 16.9 Å². The van der Waals surface area contributed by atoms with Gasteiger partial charge in [-0.2, -0.15) is 5.10 Å². The molecule has 1 aliphatic rings. The maximum atomic E-state index is 5.43. The molecular weight excluding hydrogens is 250 g/mol. The summed E-state index contributed by atoms with van der Waals surface area (Å²) in [5.74, 6) is 0.698. The van der Waals surface area contributed by atoms with Crippen molar-refractivity contribution in [3.8, 4) is 5.69 Å². The molecule has 2 aromatic rings.